The van der Waals surface area contributed by atoms with E-state index in [4.69, 9.17) is 10.2 Å². The second kappa shape index (κ2) is 6.32. The van der Waals surface area contributed by atoms with E-state index in [0.717, 1.165) is 0 Å². The van der Waals surface area contributed by atoms with Crippen molar-refractivity contribution < 1.29 is 19.8 Å². The van der Waals surface area contributed by atoms with Crippen LogP contribution in [0.5, 0.6) is 0 Å². The van der Waals surface area contributed by atoms with E-state index in [1.807, 2.05) is 0 Å². The average Bonchev–Trinajstić information content (AvgIpc) is 2.11. The van der Waals surface area contributed by atoms with Crippen molar-refractivity contribution in [2.24, 2.45) is 0 Å². The zero-order chi connectivity index (χ0) is 12.9. The Bertz CT molecular complexity index is 253. The summed E-state index contributed by atoms with van der Waals surface area (Å²) in [7, 11) is 1.53. The van der Waals surface area contributed by atoms with Crippen LogP contribution in [0.1, 0.15) is 20.8 Å². The standard InChI is InChI=1S/C10H20N2O4/c1-7(2)12(6-9(14)15)10(16)11(4)5-8(3)13/h7-8,13H,5-6H2,1-4H3,(H,14,15). The lowest BCUT2D eigenvalue weighted by Gasteiger charge is -2.30. The number of carboxylic acids is 1. The van der Waals surface area contributed by atoms with Gasteiger partial charge < -0.3 is 20.0 Å². The Kier molecular flexibility index (Phi) is 5.81. The van der Waals surface area contributed by atoms with Crippen molar-refractivity contribution in [1.82, 2.24) is 9.80 Å². The van der Waals surface area contributed by atoms with E-state index in [9.17, 15) is 9.59 Å². The first-order valence-electron chi connectivity index (χ1n) is 5.17. The Morgan fingerprint density at radius 1 is 1.25 bits per heavy atom. The lowest BCUT2D eigenvalue weighted by molar-refractivity contribution is -0.138. The Hall–Kier alpha value is -1.30. The first-order chi connectivity index (χ1) is 7.25. The van der Waals surface area contributed by atoms with Crippen LogP contribution in [0.25, 0.3) is 0 Å². The molecular weight excluding hydrogens is 212 g/mol. The van der Waals surface area contributed by atoms with Crippen molar-refractivity contribution >= 4 is 12.0 Å². The summed E-state index contributed by atoms with van der Waals surface area (Å²) in [6, 6.07) is -0.585. The molecule has 0 aliphatic carbocycles. The smallest absolute Gasteiger partial charge is 0.323 e. The highest BCUT2D eigenvalue weighted by Crippen LogP contribution is 2.03. The first-order valence-corrected chi connectivity index (χ1v) is 5.17. The molecule has 2 amide bonds. The van der Waals surface area contributed by atoms with Crippen LogP contribution in [-0.2, 0) is 4.79 Å². The number of urea groups is 1. The van der Waals surface area contributed by atoms with Crippen LogP contribution in [0.4, 0.5) is 4.79 Å². The normalized spacial score (nSPS) is 12.4. The lowest BCUT2D eigenvalue weighted by Crippen LogP contribution is -2.48. The number of rotatable bonds is 5. The molecule has 0 aromatic heterocycles. The SMILES string of the molecule is CC(O)CN(C)C(=O)N(CC(=O)O)C(C)C. The third kappa shape index (κ3) is 4.97. The summed E-state index contributed by atoms with van der Waals surface area (Å²) in [6.07, 6.45) is -0.632. The molecular formula is C10H20N2O4. The molecule has 0 aromatic carbocycles. The third-order valence-corrected chi connectivity index (χ3v) is 2.04. The number of hydrogen-bond donors (Lipinski definition) is 2. The minimum atomic E-state index is -1.05. The predicted molar refractivity (Wildman–Crippen MR) is 59.2 cm³/mol. The first kappa shape index (κ1) is 14.7. The molecule has 0 spiro atoms. The number of hydrogen-bond acceptors (Lipinski definition) is 3. The van der Waals surface area contributed by atoms with Gasteiger partial charge in [0.25, 0.3) is 0 Å². The molecule has 16 heavy (non-hydrogen) atoms. The molecule has 0 saturated carbocycles. The summed E-state index contributed by atoms with van der Waals surface area (Å²) in [5.74, 6) is -1.05. The summed E-state index contributed by atoms with van der Waals surface area (Å²) in [5.41, 5.74) is 0. The quantitative estimate of drug-likeness (QED) is 0.710. The monoisotopic (exact) mass is 232 g/mol. The summed E-state index contributed by atoms with van der Waals surface area (Å²) in [4.78, 5) is 25.0. The summed E-state index contributed by atoms with van der Waals surface area (Å²) >= 11 is 0. The minimum Gasteiger partial charge on any atom is -0.480 e. The number of nitrogens with zero attached hydrogens (tertiary/aromatic N) is 2. The molecule has 2 N–H and O–H groups in total. The molecule has 0 aliphatic heterocycles. The molecule has 0 saturated heterocycles. The maximum absolute atomic E-state index is 11.8. The van der Waals surface area contributed by atoms with Crippen molar-refractivity contribution in [2.45, 2.75) is 32.9 Å². The molecule has 0 aliphatic rings. The van der Waals surface area contributed by atoms with Gasteiger partial charge in [-0.3, -0.25) is 4.79 Å². The van der Waals surface area contributed by atoms with Crippen molar-refractivity contribution in [3.63, 3.8) is 0 Å². The van der Waals surface area contributed by atoms with Crippen molar-refractivity contribution in [2.75, 3.05) is 20.1 Å². The molecule has 0 rings (SSSR count). The van der Waals surface area contributed by atoms with Gasteiger partial charge in [0.2, 0.25) is 0 Å². The molecule has 94 valence electrons. The van der Waals surface area contributed by atoms with Gasteiger partial charge in [-0.15, -0.1) is 0 Å². The van der Waals surface area contributed by atoms with Gasteiger partial charge in [0.05, 0.1) is 6.10 Å². The lowest BCUT2D eigenvalue weighted by atomic mass is 10.3. The number of carbonyl (C=O) groups excluding carboxylic acids is 1. The molecule has 0 fully saturated rings. The Balaban J connectivity index is 4.54. The fraction of sp³-hybridized carbons (Fsp3) is 0.800. The van der Waals surface area contributed by atoms with E-state index in [0.29, 0.717) is 0 Å². The van der Waals surface area contributed by atoms with E-state index in [1.54, 1.807) is 20.8 Å². The highest BCUT2D eigenvalue weighted by atomic mass is 16.4. The van der Waals surface area contributed by atoms with Crippen LogP contribution in [0.2, 0.25) is 0 Å². The van der Waals surface area contributed by atoms with Crippen molar-refractivity contribution in [3.05, 3.63) is 0 Å². The number of carboxylic acid groups (broad SMARTS) is 1. The van der Waals surface area contributed by atoms with Crippen molar-refractivity contribution in [1.29, 1.82) is 0 Å². The number of aliphatic carboxylic acids is 1. The van der Waals surface area contributed by atoms with E-state index >= 15 is 0 Å². The molecule has 0 bridgehead atoms. The molecule has 1 unspecified atom stereocenters. The van der Waals surface area contributed by atoms with Crippen molar-refractivity contribution in [3.8, 4) is 0 Å². The Morgan fingerprint density at radius 3 is 2.06 bits per heavy atom. The van der Waals surface area contributed by atoms with E-state index in [1.165, 1.54) is 16.8 Å². The molecule has 6 nitrogen and oxygen atoms in total. The van der Waals surface area contributed by atoms with Gasteiger partial charge in [-0.2, -0.15) is 0 Å². The van der Waals surface area contributed by atoms with Gasteiger partial charge in [0, 0.05) is 19.6 Å². The fourth-order valence-electron chi connectivity index (χ4n) is 1.31. The molecule has 1 atom stereocenters. The number of aliphatic hydroxyl groups is 1. The zero-order valence-corrected chi connectivity index (χ0v) is 10.2. The topological polar surface area (TPSA) is 81.1 Å². The second-order valence-corrected chi connectivity index (χ2v) is 4.13. The van der Waals surface area contributed by atoms with Gasteiger partial charge in [0.15, 0.2) is 0 Å². The van der Waals surface area contributed by atoms with Gasteiger partial charge in [0.1, 0.15) is 6.54 Å². The molecule has 0 radical (unpaired) electrons. The fourth-order valence-corrected chi connectivity index (χ4v) is 1.31. The highest BCUT2D eigenvalue weighted by molar-refractivity contribution is 5.80. The zero-order valence-electron chi connectivity index (χ0n) is 10.2. The number of amides is 2. The van der Waals surface area contributed by atoms with Crippen LogP contribution in [0.3, 0.4) is 0 Å². The van der Waals surface area contributed by atoms with Gasteiger partial charge in [-0.1, -0.05) is 0 Å². The van der Waals surface area contributed by atoms with Crippen LogP contribution in [-0.4, -0.2) is 64.3 Å². The predicted octanol–water partition coefficient (Wildman–Crippen LogP) is 0.214. The number of likely N-dealkylation sites (N-methyl/N-ethyl adjacent to an activating group) is 1. The summed E-state index contributed by atoms with van der Waals surface area (Å²) < 4.78 is 0. The van der Waals surface area contributed by atoms with Crippen LogP contribution in [0, 0.1) is 0 Å². The van der Waals surface area contributed by atoms with E-state index in [2.05, 4.69) is 0 Å². The van der Waals surface area contributed by atoms with Gasteiger partial charge >= 0.3 is 12.0 Å². The number of carbonyl (C=O) groups is 2. The second-order valence-electron chi connectivity index (χ2n) is 4.13. The molecule has 0 aromatic rings. The molecule has 6 heteroatoms. The largest absolute Gasteiger partial charge is 0.480 e. The van der Waals surface area contributed by atoms with Crippen LogP contribution in [0.15, 0.2) is 0 Å². The Labute approximate surface area is 95.5 Å². The van der Waals surface area contributed by atoms with E-state index < -0.39 is 18.1 Å². The van der Waals surface area contributed by atoms with Crippen LogP contribution >= 0.6 is 0 Å². The maximum Gasteiger partial charge on any atom is 0.323 e. The summed E-state index contributed by atoms with van der Waals surface area (Å²) in [6.45, 7) is 4.91. The van der Waals surface area contributed by atoms with Gasteiger partial charge in [-0.05, 0) is 20.8 Å². The summed E-state index contributed by atoms with van der Waals surface area (Å²) in [5, 5.41) is 17.8. The molecule has 0 heterocycles. The van der Waals surface area contributed by atoms with Crippen LogP contribution < -0.4 is 0 Å². The Morgan fingerprint density at radius 2 is 1.75 bits per heavy atom. The van der Waals surface area contributed by atoms with Gasteiger partial charge in [-0.25, -0.2) is 4.79 Å². The highest BCUT2D eigenvalue weighted by Gasteiger charge is 2.23. The average molecular weight is 232 g/mol. The third-order valence-electron chi connectivity index (χ3n) is 2.04. The number of aliphatic hydroxyl groups excluding tert-OH is 1. The minimum absolute atomic E-state index is 0.182. The van der Waals surface area contributed by atoms with E-state index in [-0.39, 0.29) is 19.1 Å². The maximum atomic E-state index is 11.8.